The Morgan fingerprint density at radius 2 is 1.81 bits per heavy atom. The minimum absolute atomic E-state index is 0.0668. The second kappa shape index (κ2) is 6.67. The number of anilines is 1. The summed E-state index contributed by atoms with van der Waals surface area (Å²) in [4.78, 5) is 8.40. The van der Waals surface area contributed by atoms with Crippen molar-refractivity contribution in [2.45, 2.75) is 19.6 Å². The Bertz CT molecular complexity index is 680. The maximum atomic E-state index is 12.1. The maximum Gasteiger partial charge on any atom is 0.156 e. The third kappa shape index (κ3) is 5.15. The van der Waals surface area contributed by atoms with E-state index >= 15 is 0 Å². The third-order valence-corrected chi connectivity index (χ3v) is 4.51. The van der Waals surface area contributed by atoms with Gasteiger partial charge in [-0.2, -0.15) is 0 Å². The number of nitrogens with zero attached hydrogens (tertiary/aromatic N) is 2. The Labute approximate surface area is 125 Å². The quantitative estimate of drug-likeness (QED) is 0.885. The molecule has 1 aromatic heterocycles. The zero-order chi connectivity index (χ0) is 15.3. The summed E-state index contributed by atoms with van der Waals surface area (Å²) < 4.78 is 24.1. The lowest BCUT2D eigenvalue weighted by Gasteiger charge is -2.08. The lowest BCUT2D eigenvalue weighted by Crippen LogP contribution is -2.18. The van der Waals surface area contributed by atoms with E-state index in [9.17, 15) is 8.42 Å². The van der Waals surface area contributed by atoms with E-state index in [0.717, 1.165) is 11.3 Å². The number of nitrogens with one attached hydrogen (secondary N) is 1. The largest absolute Gasteiger partial charge is 0.369 e. The molecular weight excluding hydrogens is 286 g/mol. The van der Waals surface area contributed by atoms with E-state index in [1.54, 1.807) is 6.07 Å². The predicted octanol–water partition coefficient (Wildman–Crippen LogP) is 2.12. The van der Waals surface area contributed by atoms with E-state index in [2.05, 4.69) is 15.3 Å². The molecule has 1 N–H and O–H groups in total. The molecule has 0 saturated carbocycles. The molecule has 6 heteroatoms. The van der Waals surface area contributed by atoms with Gasteiger partial charge in [-0.1, -0.05) is 30.3 Å². The number of aromatic nitrogens is 2. The third-order valence-electron chi connectivity index (χ3n) is 2.91. The van der Waals surface area contributed by atoms with Gasteiger partial charge in [-0.05, 0) is 19.4 Å². The minimum Gasteiger partial charge on any atom is -0.369 e. The molecule has 0 unspecified atom stereocenters. The standard InChI is InChI=1S/C15H19N3O2S/c1-12-10-15(18-13(2)17-12)16-8-9-21(19,20)11-14-6-4-3-5-7-14/h3-7,10H,8-9,11H2,1-2H3,(H,16,17,18). The second-order valence-electron chi connectivity index (χ2n) is 4.95. The highest BCUT2D eigenvalue weighted by Gasteiger charge is 2.11. The van der Waals surface area contributed by atoms with Gasteiger partial charge in [0, 0.05) is 18.3 Å². The number of aryl methyl sites for hydroxylation is 2. The van der Waals surface area contributed by atoms with Gasteiger partial charge in [0.25, 0.3) is 0 Å². The molecule has 1 heterocycles. The summed E-state index contributed by atoms with van der Waals surface area (Å²) in [5.41, 5.74) is 1.67. The molecule has 0 fully saturated rings. The molecule has 21 heavy (non-hydrogen) atoms. The minimum atomic E-state index is -3.13. The van der Waals surface area contributed by atoms with E-state index in [1.165, 1.54) is 0 Å². The molecule has 0 aliphatic heterocycles. The fraction of sp³-hybridized carbons (Fsp3) is 0.333. The van der Waals surface area contributed by atoms with Gasteiger partial charge in [-0.25, -0.2) is 18.4 Å². The fourth-order valence-electron chi connectivity index (χ4n) is 2.04. The Morgan fingerprint density at radius 1 is 1.10 bits per heavy atom. The monoisotopic (exact) mass is 305 g/mol. The molecule has 0 saturated heterocycles. The van der Waals surface area contributed by atoms with Crippen molar-refractivity contribution in [1.29, 1.82) is 0 Å². The van der Waals surface area contributed by atoms with Crippen LogP contribution in [0.3, 0.4) is 0 Å². The molecule has 2 aromatic rings. The highest BCUT2D eigenvalue weighted by molar-refractivity contribution is 7.90. The molecule has 0 bridgehead atoms. The normalized spacial score (nSPS) is 11.3. The van der Waals surface area contributed by atoms with E-state index in [4.69, 9.17) is 0 Å². The van der Waals surface area contributed by atoms with Crippen LogP contribution in [0.4, 0.5) is 5.82 Å². The Balaban J connectivity index is 1.90. The van der Waals surface area contributed by atoms with Crippen molar-refractivity contribution in [2.75, 3.05) is 17.6 Å². The van der Waals surface area contributed by atoms with Crippen LogP contribution in [0.5, 0.6) is 0 Å². The van der Waals surface area contributed by atoms with Crippen LogP contribution in [0.2, 0.25) is 0 Å². The van der Waals surface area contributed by atoms with Crippen LogP contribution < -0.4 is 5.32 Å². The number of hydrogen-bond donors (Lipinski definition) is 1. The molecule has 0 aliphatic carbocycles. The van der Waals surface area contributed by atoms with Crippen molar-refractivity contribution < 1.29 is 8.42 Å². The van der Waals surface area contributed by atoms with Crippen LogP contribution >= 0.6 is 0 Å². The molecule has 112 valence electrons. The van der Waals surface area contributed by atoms with Crippen LogP contribution in [0.25, 0.3) is 0 Å². The highest BCUT2D eigenvalue weighted by atomic mass is 32.2. The van der Waals surface area contributed by atoms with Gasteiger partial charge in [0.2, 0.25) is 0 Å². The van der Waals surface area contributed by atoms with Crippen molar-refractivity contribution in [1.82, 2.24) is 9.97 Å². The molecule has 0 amide bonds. The fourth-order valence-corrected chi connectivity index (χ4v) is 3.30. The molecule has 0 spiro atoms. The van der Waals surface area contributed by atoms with Gasteiger partial charge in [-0.15, -0.1) is 0 Å². The summed E-state index contributed by atoms with van der Waals surface area (Å²) in [6.07, 6.45) is 0. The molecule has 2 rings (SSSR count). The van der Waals surface area contributed by atoms with Gasteiger partial charge in [0.15, 0.2) is 9.84 Å². The van der Waals surface area contributed by atoms with Crippen LogP contribution in [0.1, 0.15) is 17.1 Å². The van der Waals surface area contributed by atoms with Crippen LogP contribution in [-0.4, -0.2) is 30.7 Å². The summed E-state index contributed by atoms with van der Waals surface area (Å²) >= 11 is 0. The Hall–Kier alpha value is -1.95. The zero-order valence-electron chi connectivity index (χ0n) is 12.2. The number of hydrogen-bond acceptors (Lipinski definition) is 5. The average molecular weight is 305 g/mol. The van der Waals surface area contributed by atoms with Gasteiger partial charge < -0.3 is 5.32 Å². The number of rotatable bonds is 6. The summed E-state index contributed by atoms with van der Waals surface area (Å²) in [6.45, 7) is 4.03. The first-order valence-electron chi connectivity index (χ1n) is 6.75. The maximum absolute atomic E-state index is 12.1. The lowest BCUT2D eigenvalue weighted by molar-refractivity contribution is 0.595. The van der Waals surface area contributed by atoms with Crippen LogP contribution in [-0.2, 0) is 15.6 Å². The Kier molecular flexibility index (Phi) is 4.90. The van der Waals surface area contributed by atoms with Crippen LogP contribution in [0, 0.1) is 13.8 Å². The number of benzene rings is 1. The summed E-state index contributed by atoms with van der Waals surface area (Å²) in [5, 5.41) is 3.04. The molecule has 0 aliphatic rings. The molecule has 1 aromatic carbocycles. The van der Waals surface area contributed by atoms with Gasteiger partial charge >= 0.3 is 0 Å². The van der Waals surface area contributed by atoms with Crippen LogP contribution in [0.15, 0.2) is 36.4 Å². The predicted molar refractivity (Wildman–Crippen MR) is 83.9 cm³/mol. The smallest absolute Gasteiger partial charge is 0.156 e. The van der Waals surface area contributed by atoms with Crippen molar-refractivity contribution in [2.24, 2.45) is 0 Å². The first kappa shape index (κ1) is 15.4. The average Bonchev–Trinajstić information content (AvgIpc) is 2.37. The zero-order valence-corrected chi connectivity index (χ0v) is 13.0. The van der Waals surface area contributed by atoms with E-state index in [0.29, 0.717) is 18.2 Å². The van der Waals surface area contributed by atoms with Crippen molar-refractivity contribution in [3.05, 3.63) is 53.5 Å². The molecule has 0 atom stereocenters. The lowest BCUT2D eigenvalue weighted by atomic mass is 10.2. The molecule has 5 nitrogen and oxygen atoms in total. The first-order valence-corrected chi connectivity index (χ1v) is 8.57. The highest BCUT2D eigenvalue weighted by Crippen LogP contribution is 2.08. The van der Waals surface area contributed by atoms with E-state index in [1.807, 2.05) is 44.2 Å². The number of sulfone groups is 1. The first-order chi connectivity index (χ1) is 9.94. The topological polar surface area (TPSA) is 72.0 Å². The van der Waals surface area contributed by atoms with E-state index in [-0.39, 0.29) is 11.5 Å². The second-order valence-corrected chi connectivity index (χ2v) is 7.13. The summed E-state index contributed by atoms with van der Waals surface area (Å²) in [6, 6.07) is 11.0. The van der Waals surface area contributed by atoms with Crippen molar-refractivity contribution in [3.8, 4) is 0 Å². The summed E-state index contributed by atoms with van der Waals surface area (Å²) in [5.74, 6) is 1.47. The van der Waals surface area contributed by atoms with Crippen molar-refractivity contribution >= 4 is 15.7 Å². The SMILES string of the molecule is Cc1cc(NCCS(=O)(=O)Cc2ccccc2)nc(C)n1. The Morgan fingerprint density at radius 3 is 2.48 bits per heavy atom. The van der Waals surface area contributed by atoms with E-state index < -0.39 is 9.84 Å². The summed E-state index contributed by atoms with van der Waals surface area (Å²) in [7, 11) is -3.13. The van der Waals surface area contributed by atoms with Gasteiger partial charge in [-0.3, -0.25) is 0 Å². The molecule has 0 radical (unpaired) electrons. The van der Waals surface area contributed by atoms with Gasteiger partial charge in [0.1, 0.15) is 11.6 Å². The van der Waals surface area contributed by atoms with Gasteiger partial charge in [0.05, 0.1) is 11.5 Å². The molecular formula is C15H19N3O2S. The van der Waals surface area contributed by atoms with Crippen molar-refractivity contribution in [3.63, 3.8) is 0 Å².